The maximum atomic E-state index is 13.3. The van der Waals surface area contributed by atoms with Crippen LogP contribution in [0.1, 0.15) is 36.2 Å². The molecule has 1 saturated heterocycles. The molecule has 3 aromatic rings. The van der Waals surface area contributed by atoms with Crippen LogP contribution < -0.4 is 10.6 Å². The Bertz CT molecular complexity index is 992. The molecule has 8 heteroatoms. The number of fused-ring (bicyclic) bond motifs is 1. The smallest absolute Gasteiger partial charge is 0.248 e. The van der Waals surface area contributed by atoms with Crippen LogP contribution in [0.15, 0.2) is 48.8 Å². The highest BCUT2D eigenvalue weighted by molar-refractivity contribution is 5.85. The fraction of sp³-hybridized carbons (Fsp3) is 0.409. The van der Waals surface area contributed by atoms with Gasteiger partial charge in [0.15, 0.2) is 0 Å². The molecule has 0 atom stereocenters. The molecule has 0 unspecified atom stereocenters. The van der Waals surface area contributed by atoms with E-state index in [4.69, 9.17) is 5.10 Å². The van der Waals surface area contributed by atoms with Gasteiger partial charge in [0.25, 0.3) is 0 Å². The first-order valence-corrected chi connectivity index (χ1v) is 10.4. The van der Waals surface area contributed by atoms with E-state index in [2.05, 4.69) is 32.5 Å². The monoisotopic (exact) mass is 426 g/mol. The van der Waals surface area contributed by atoms with Crippen molar-refractivity contribution >= 4 is 18.3 Å². The first kappa shape index (κ1) is 20.6. The zero-order chi connectivity index (χ0) is 19.7. The normalized spacial score (nSPS) is 17.2. The molecule has 158 valence electrons. The summed E-state index contributed by atoms with van der Waals surface area (Å²) in [6.45, 7) is 2.08. The Morgan fingerprint density at radius 2 is 1.93 bits per heavy atom. The zero-order valence-corrected chi connectivity index (χ0v) is 17.7. The minimum absolute atomic E-state index is 0. The molecule has 2 N–H and O–H groups in total. The number of para-hydroxylation sites is 1. The minimum atomic E-state index is -0.625. The molecular weight excluding hydrogens is 400 g/mol. The quantitative estimate of drug-likeness (QED) is 0.656. The lowest BCUT2D eigenvalue weighted by Crippen LogP contribution is -2.54. The Hall–Kier alpha value is -2.64. The second-order valence-corrected chi connectivity index (χ2v) is 7.89. The standard InChI is InChI=1S/C22H26N6O.ClH/c29-21(22(10-13-23-14-11-22)27-15-5-12-25-27)24-16-19-18-8-4-9-20(18)28(26-19)17-6-2-1-3-7-17;/h1-3,5-7,12,15,23H,4,8-11,13-14,16H2,(H,24,29);1H. The van der Waals surface area contributed by atoms with Gasteiger partial charge in [-0.25, -0.2) is 4.68 Å². The molecule has 7 nitrogen and oxygen atoms in total. The number of halogens is 1. The number of hydrogen-bond acceptors (Lipinski definition) is 4. The van der Waals surface area contributed by atoms with Gasteiger partial charge in [0.2, 0.25) is 5.91 Å². The largest absolute Gasteiger partial charge is 0.348 e. The molecule has 0 saturated carbocycles. The van der Waals surface area contributed by atoms with Gasteiger partial charge in [-0.05, 0) is 69.0 Å². The summed E-state index contributed by atoms with van der Waals surface area (Å²) in [7, 11) is 0. The van der Waals surface area contributed by atoms with E-state index in [0.717, 1.165) is 56.6 Å². The Balaban J connectivity index is 0.00000218. The molecule has 1 amide bonds. The lowest BCUT2D eigenvalue weighted by molar-refractivity contribution is -0.132. The van der Waals surface area contributed by atoms with Gasteiger partial charge < -0.3 is 10.6 Å². The number of aromatic nitrogens is 4. The number of carbonyl (C=O) groups excluding carboxylic acids is 1. The van der Waals surface area contributed by atoms with Crippen LogP contribution in [0.2, 0.25) is 0 Å². The van der Waals surface area contributed by atoms with Gasteiger partial charge in [-0.2, -0.15) is 10.2 Å². The van der Waals surface area contributed by atoms with E-state index in [-0.39, 0.29) is 18.3 Å². The van der Waals surface area contributed by atoms with E-state index in [1.807, 2.05) is 35.1 Å². The maximum absolute atomic E-state index is 13.3. The molecular formula is C22H27ClN6O. The van der Waals surface area contributed by atoms with Crippen LogP contribution in [0.25, 0.3) is 5.69 Å². The summed E-state index contributed by atoms with van der Waals surface area (Å²) in [5, 5.41) is 15.8. The van der Waals surface area contributed by atoms with E-state index < -0.39 is 5.54 Å². The van der Waals surface area contributed by atoms with Crippen molar-refractivity contribution in [3.8, 4) is 5.69 Å². The van der Waals surface area contributed by atoms with Gasteiger partial charge in [-0.3, -0.25) is 9.48 Å². The van der Waals surface area contributed by atoms with Gasteiger partial charge in [0.1, 0.15) is 5.54 Å². The van der Waals surface area contributed by atoms with E-state index in [0.29, 0.717) is 6.54 Å². The van der Waals surface area contributed by atoms with Crippen LogP contribution in [0.3, 0.4) is 0 Å². The Morgan fingerprint density at radius 3 is 2.67 bits per heavy atom. The summed E-state index contributed by atoms with van der Waals surface area (Å²) in [6, 6.07) is 12.1. The molecule has 3 heterocycles. The van der Waals surface area contributed by atoms with E-state index in [1.165, 1.54) is 11.3 Å². The number of nitrogens with zero attached hydrogens (tertiary/aromatic N) is 4. The first-order chi connectivity index (χ1) is 14.3. The predicted octanol–water partition coefficient (Wildman–Crippen LogP) is 2.37. The number of nitrogens with one attached hydrogen (secondary N) is 2. The molecule has 1 aromatic carbocycles. The summed E-state index contributed by atoms with van der Waals surface area (Å²) in [5.74, 6) is 0.0312. The minimum Gasteiger partial charge on any atom is -0.348 e. The number of amides is 1. The molecule has 1 aliphatic heterocycles. The molecule has 0 bridgehead atoms. The van der Waals surface area contributed by atoms with Gasteiger partial charge in [-0.15, -0.1) is 12.4 Å². The lowest BCUT2D eigenvalue weighted by atomic mass is 9.87. The Morgan fingerprint density at radius 1 is 1.13 bits per heavy atom. The highest BCUT2D eigenvalue weighted by Crippen LogP contribution is 2.29. The molecule has 2 aromatic heterocycles. The number of piperidine rings is 1. The highest BCUT2D eigenvalue weighted by atomic mass is 35.5. The SMILES string of the molecule is Cl.O=C(NCc1nn(-c2ccccc2)c2c1CCC2)C1(n2cccn2)CCNCC1. The second kappa shape index (κ2) is 8.62. The second-order valence-electron chi connectivity index (χ2n) is 7.89. The van der Waals surface area contributed by atoms with Crippen LogP contribution in [0.5, 0.6) is 0 Å². The lowest BCUT2D eigenvalue weighted by Gasteiger charge is -2.36. The Labute approximate surface area is 182 Å². The van der Waals surface area contributed by atoms with E-state index in [9.17, 15) is 4.79 Å². The molecule has 1 fully saturated rings. The van der Waals surface area contributed by atoms with Gasteiger partial charge in [0, 0.05) is 18.1 Å². The van der Waals surface area contributed by atoms with Crippen LogP contribution in [0, 0.1) is 0 Å². The van der Waals surface area contributed by atoms with Crippen molar-refractivity contribution in [1.82, 2.24) is 30.2 Å². The van der Waals surface area contributed by atoms with Crippen molar-refractivity contribution in [3.63, 3.8) is 0 Å². The first-order valence-electron chi connectivity index (χ1n) is 10.4. The van der Waals surface area contributed by atoms with Crippen molar-refractivity contribution in [2.75, 3.05) is 13.1 Å². The number of carbonyl (C=O) groups is 1. The van der Waals surface area contributed by atoms with Crippen LogP contribution in [-0.4, -0.2) is 38.6 Å². The number of hydrogen-bond donors (Lipinski definition) is 2. The van der Waals surface area contributed by atoms with Crippen molar-refractivity contribution in [3.05, 3.63) is 65.7 Å². The number of benzene rings is 1. The molecule has 5 rings (SSSR count). The topological polar surface area (TPSA) is 76.8 Å². The molecule has 0 radical (unpaired) electrons. The third-order valence-electron chi connectivity index (χ3n) is 6.23. The van der Waals surface area contributed by atoms with Crippen LogP contribution in [0.4, 0.5) is 0 Å². The average Bonchev–Trinajstić information content (AvgIpc) is 3.52. The van der Waals surface area contributed by atoms with Crippen molar-refractivity contribution in [2.45, 2.75) is 44.2 Å². The highest BCUT2D eigenvalue weighted by Gasteiger charge is 2.42. The summed E-state index contributed by atoms with van der Waals surface area (Å²) in [5.41, 5.74) is 4.02. The molecule has 2 aliphatic rings. The van der Waals surface area contributed by atoms with E-state index in [1.54, 1.807) is 6.20 Å². The van der Waals surface area contributed by atoms with Crippen molar-refractivity contribution in [2.24, 2.45) is 0 Å². The maximum Gasteiger partial charge on any atom is 0.248 e. The third-order valence-corrected chi connectivity index (χ3v) is 6.23. The summed E-state index contributed by atoms with van der Waals surface area (Å²) in [6.07, 6.45) is 8.31. The van der Waals surface area contributed by atoms with Crippen molar-refractivity contribution < 1.29 is 4.79 Å². The average molecular weight is 427 g/mol. The Kier molecular flexibility index (Phi) is 5.92. The van der Waals surface area contributed by atoms with Gasteiger partial charge in [0.05, 0.1) is 17.9 Å². The van der Waals surface area contributed by atoms with Crippen molar-refractivity contribution in [1.29, 1.82) is 0 Å². The predicted molar refractivity (Wildman–Crippen MR) is 117 cm³/mol. The summed E-state index contributed by atoms with van der Waals surface area (Å²) in [4.78, 5) is 13.3. The van der Waals surface area contributed by atoms with Gasteiger partial charge in [-0.1, -0.05) is 18.2 Å². The fourth-order valence-electron chi connectivity index (χ4n) is 4.69. The van der Waals surface area contributed by atoms with Crippen LogP contribution in [-0.2, 0) is 29.7 Å². The molecule has 1 aliphatic carbocycles. The fourth-order valence-corrected chi connectivity index (χ4v) is 4.69. The number of rotatable bonds is 5. The zero-order valence-electron chi connectivity index (χ0n) is 16.9. The summed E-state index contributed by atoms with van der Waals surface area (Å²) >= 11 is 0. The van der Waals surface area contributed by atoms with E-state index >= 15 is 0 Å². The van der Waals surface area contributed by atoms with Crippen LogP contribution >= 0.6 is 12.4 Å². The van der Waals surface area contributed by atoms with Gasteiger partial charge >= 0.3 is 0 Å². The molecule has 30 heavy (non-hydrogen) atoms. The molecule has 0 spiro atoms. The third kappa shape index (κ3) is 3.52. The summed E-state index contributed by atoms with van der Waals surface area (Å²) < 4.78 is 3.88.